The monoisotopic (exact) mass is 788 g/mol. The third-order valence-corrected chi connectivity index (χ3v) is 8.38. The third-order valence-electron chi connectivity index (χ3n) is 7.89. The number of carbonyl (C=O) groups excluding carboxylic acids is 2. The van der Waals surface area contributed by atoms with Gasteiger partial charge in [0.15, 0.2) is 11.5 Å². The Morgan fingerprint density at radius 2 is 1.54 bits per heavy atom. The second-order valence-corrected chi connectivity index (χ2v) is 14.3. The molecule has 2 amide bonds. The molecular formula is C39H44N6O10S. The van der Waals surface area contributed by atoms with Gasteiger partial charge in [0.05, 0.1) is 18.8 Å². The number of hydrogen-bond donors (Lipinski definition) is 3. The van der Waals surface area contributed by atoms with Gasteiger partial charge in [0.2, 0.25) is 6.29 Å². The van der Waals surface area contributed by atoms with Gasteiger partial charge < -0.3 is 29.0 Å². The molecular weight excluding hydrogens is 745 g/mol. The molecule has 1 atom stereocenters. The highest BCUT2D eigenvalue weighted by atomic mass is 32.2. The van der Waals surface area contributed by atoms with Gasteiger partial charge in [-0.3, -0.25) is 15.4 Å². The van der Waals surface area contributed by atoms with Crippen LogP contribution in [0, 0.1) is 13.8 Å². The largest absolute Gasteiger partial charge is 0.464 e. The van der Waals surface area contributed by atoms with Crippen molar-refractivity contribution in [1.29, 1.82) is 0 Å². The summed E-state index contributed by atoms with van der Waals surface area (Å²) < 4.78 is 49.1. The van der Waals surface area contributed by atoms with E-state index in [2.05, 4.69) is 25.6 Å². The van der Waals surface area contributed by atoms with Gasteiger partial charge in [0.25, 0.3) is 5.56 Å². The molecule has 1 aliphatic heterocycles. The molecule has 0 fully saturated rings. The third kappa shape index (κ3) is 11.8. The van der Waals surface area contributed by atoms with Crippen LogP contribution < -0.4 is 35.7 Å². The summed E-state index contributed by atoms with van der Waals surface area (Å²) in [5.74, 6) is 7.20. The Labute approximate surface area is 324 Å². The lowest BCUT2D eigenvalue weighted by molar-refractivity contribution is -0.0981. The Morgan fingerprint density at radius 3 is 2.18 bits per heavy atom. The summed E-state index contributed by atoms with van der Waals surface area (Å²) in [4.78, 5) is 34.7. The van der Waals surface area contributed by atoms with E-state index in [0.717, 1.165) is 22.1 Å². The second-order valence-electron chi connectivity index (χ2n) is 12.7. The summed E-state index contributed by atoms with van der Waals surface area (Å²) in [6.07, 6.45) is -0.562. The van der Waals surface area contributed by atoms with Crippen LogP contribution in [0.2, 0.25) is 0 Å². The Hall–Kier alpha value is -6.46. The first-order valence-electron chi connectivity index (χ1n) is 17.1. The highest BCUT2D eigenvalue weighted by molar-refractivity contribution is 7.86. The van der Waals surface area contributed by atoms with Crippen molar-refractivity contribution in [3.05, 3.63) is 124 Å². The van der Waals surface area contributed by atoms with Gasteiger partial charge in [0.1, 0.15) is 17.2 Å². The van der Waals surface area contributed by atoms with Gasteiger partial charge in [-0.2, -0.15) is 8.42 Å². The molecule has 1 unspecified atom stereocenters. The van der Waals surface area contributed by atoms with Crippen molar-refractivity contribution < 1.29 is 41.1 Å². The Kier molecular flexibility index (Phi) is 14.1. The summed E-state index contributed by atoms with van der Waals surface area (Å²) in [6.45, 7) is 9.99. The van der Waals surface area contributed by atoms with E-state index in [1.165, 1.54) is 13.2 Å². The SMILES string of the molecule is CCOC1Oc2ccc(OS(C)(=O)=O)cc2C1(C)C.COC(=O)Nc1cccc(OC(=O)Nc2cccc(C)c2)c1.Cc1nnc(-c2ccccc2)c(=O)n1N. The van der Waals surface area contributed by atoms with Crippen molar-refractivity contribution in [3.63, 3.8) is 0 Å². The maximum Gasteiger partial charge on any atom is 0.417 e. The molecule has 0 saturated heterocycles. The molecule has 1 aliphatic rings. The van der Waals surface area contributed by atoms with Gasteiger partial charge in [-0.15, -0.1) is 10.2 Å². The molecule has 56 heavy (non-hydrogen) atoms. The van der Waals surface area contributed by atoms with Crippen molar-refractivity contribution >= 4 is 33.7 Å². The molecule has 5 aromatic rings. The molecule has 1 aromatic heterocycles. The molecule has 0 bridgehead atoms. The summed E-state index contributed by atoms with van der Waals surface area (Å²) in [6, 6.07) is 27.9. The second kappa shape index (κ2) is 18.7. The van der Waals surface area contributed by atoms with E-state index in [-0.39, 0.29) is 28.7 Å². The minimum atomic E-state index is -3.53. The predicted molar refractivity (Wildman–Crippen MR) is 211 cm³/mol. The number of carbonyl (C=O) groups is 2. The zero-order valence-electron chi connectivity index (χ0n) is 31.9. The summed E-state index contributed by atoms with van der Waals surface area (Å²) >= 11 is 0. The maximum atomic E-state index is 11.8. The zero-order chi connectivity index (χ0) is 41.0. The van der Waals surface area contributed by atoms with E-state index in [4.69, 9.17) is 24.2 Å². The first-order chi connectivity index (χ1) is 26.5. The molecule has 0 saturated carbocycles. The Bertz CT molecular complexity index is 2320. The predicted octanol–water partition coefficient (Wildman–Crippen LogP) is 6.17. The van der Waals surface area contributed by atoms with Crippen molar-refractivity contribution in [2.75, 3.05) is 36.4 Å². The van der Waals surface area contributed by atoms with E-state index < -0.39 is 22.3 Å². The fourth-order valence-corrected chi connectivity index (χ4v) is 5.61. The molecule has 2 heterocycles. The summed E-state index contributed by atoms with van der Waals surface area (Å²) in [7, 11) is -2.26. The number of methoxy groups -OCH3 is 1. The van der Waals surface area contributed by atoms with E-state index in [1.807, 2.05) is 64.1 Å². The van der Waals surface area contributed by atoms with Gasteiger partial charge in [0, 0.05) is 35.2 Å². The highest BCUT2D eigenvalue weighted by Crippen LogP contribution is 2.44. The number of aryl methyl sites for hydroxylation is 2. The summed E-state index contributed by atoms with van der Waals surface area (Å²) in [5, 5.41) is 12.8. The number of nitrogen functional groups attached to an aromatic ring is 1. The average Bonchev–Trinajstić information content (AvgIpc) is 3.39. The fraction of sp³-hybridized carbons (Fsp3) is 0.256. The van der Waals surface area contributed by atoms with Crippen LogP contribution in [0.25, 0.3) is 11.3 Å². The first-order valence-corrected chi connectivity index (χ1v) is 18.9. The fourth-order valence-electron chi connectivity index (χ4n) is 5.16. The normalized spacial score (nSPS) is 13.6. The van der Waals surface area contributed by atoms with Crippen molar-refractivity contribution in [3.8, 4) is 28.5 Å². The molecule has 17 heteroatoms. The number of benzene rings is 4. The van der Waals surface area contributed by atoms with Crippen LogP contribution in [-0.2, 0) is 25.0 Å². The number of aromatic nitrogens is 3. The maximum absolute atomic E-state index is 11.8. The Morgan fingerprint density at radius 1 is 0.875 bits per heavy atom. The molecule has 4 aromatic carbocycles. The number of rotatable bonds is 8. The van der Waals surface area contributed by atoms with Gasteiger partial charge in [-0.05, 0) is 82.6 Å². The van der Waals surface area contributed by atoms with Crippen molar-refractivity contribution in [2.45, 2.75) is 46.3 Å². The topological polar surface area (TPSA) is 212 Å². The molecule has 0 spiro atoms. The van der Waals surface area contributed by atoms with Crippen LogP contribution in [0.3, 0.4) is 0 Å². The molecule has 0 radical (unpaired) electrons. The number of anilines is 2. The number of nitrogens with one attached hydrogen (secondary N) is 2. The van der Waals surface area contributed by atoms with E-state index >= 15 is 0 Å². The standard InChI is InChI=1S/C16H16N2O4.C13H18O5S.C10H10N4O/c1-11-5-3-6-12(9-11)18-16(20)22-14-8-4-7-13(10-14)17-15(19)21-2;1-5-16-12-13(2,3)10-8-9(18-19(4,14)15)6-7-11(10)17-12;1-7-12-13-9(10(15)14(7)11)8-5-3-2-4-6-8/h3-10H,1-2H3,(H,17,19)(H,18,20);6-8,12H,5H2,1-4H3;2-6H,11H2,1H3. The minimum absolute atomic E-state index is 0.267. The quantitative estimate of drug-likeness (QED) is 0.119. The van der Waals surface area contributed by atoms with Crippen molar-refractivity contribution in [1.82, 2.24) is 14.9 Å². The number of nitrogens with zero attached hydrogens (tertiary/aromatic N) is 3. The molecule has 16 nitrogen and oxygen atoms in total. The summed E-state index contributed by atoms with van der Waals surface area (Å²) in [5.41, 5.74) is 3.31. The van der Waals surface area contributed by atoms with Gasteiger partial charge in [-0.25, -0.2) is 14.3 Å². The van der Waals surface area contributed by atoms with Crippen molar-refractivity contribution in [2.24, 2.45) is 0 Å². The van der Waals surface area contributed by atoms with Crippen LogP contribution in [0.5, 0.6) is 17.2 Å². The number of hydrogen-bond acceptors (Lipinski definition) is 13. The molecule has 0 aliphatic carbocycles. The lowest BCUT2D eigenvalue weighted by atomic mass is 9.85. The first kappa shape index (κ1) is 42.3. The van der Waals surface area contributed by atoms with Crippen LogP contribution in [0.15, 0.2) is 102 Å². The zero-order valence-corrected chi connectivity index (χ0v) is 32.7. The minimum Gasteiger partial charge on any atom is -0.464 e. The van der Waals surface area contributed by atoms with E-state index in [1.54, 1.807) is 61.5 Å². The Balaban J connectivity index is 0.000000190. The number of nitrogens with two attached hydrogens (primary N) is 1. The van der Waals surface area contributed by atoms with Crippen LogP contribution in [-0.4, -0.2) is 61.7 Å². The van der Waals surface area contributed by atoms with E-state index in [0.29, 0.717) is 40.9 Å². The number of fused-ring (bicyclic) bond motifs is 1. The number of amides is 2. The lowest BCUT2D eigenvalue weighted by Crippen LogP contribution is -2.34. The van der Waals surface area contributed by atoms with Crippen LogP contribution in [0.1, 0.15) is 37.7 Å². The van der Waals surface area contributed by atoms with Crippen LogP contribution in [0.4, 0.5) is 21.0 Å². The smallest absolute Gasteiger partial charge is 0.417 e. The average molecular weight is 789 g/mol. The van der Waals surface area contributed by atoms with E-state index in [9.17, 15) is 22.8 Å². The van der Waals surface area contributed by atoms with Gasteiger partial charge in [-0.1, -0.05) is 48.5 Å². The molecule has 296 valence electrons. The molecule has 4 N–H and O–H groups in total. The lowest BCUT2D eigenvalue weighted by Gasteiger charge is -2.25. The molecule has 6 rings (SSSR count). The number of ether oxygens (including phenoxy) is 4. The highest BCUT2D eigenvalue weighted by Gasteiger charge is 2.42. The van der Waals surface area contributed by atoms with Crippen LogP contribution >= 0.6 is 0 Å². The van der Waals surface area contributed by atoms with Gasteiger partial charge >= 0.3 is 22.3 Å².